The third kappa shape index (κ3) is 3.45. The number of anilines is 2. The maximum Gasteiger partial charge on any atom is 0.241 e. The summed E-state index contributed by atoms with van der Waals surface area (Å²) in [5.41, 5.74) is 0.854. The lowest BCUT2D eigenvalue weighted by atomic mass is 10.2. The van der Waals surface area contributed by atoms with Crippen LogP contribution in [0.3, 0.4) is 0 Å². The molecule has 0 unspecified atom stereocenters. The first-order valence-corrected chi connectivity index (χ1v) is 8.98. The number of hydrogen-bond donors (Lipinski definition) is 2. The monoisotopic (exact) mass is 382 g/mol. The van der Waals surface area contributed by atoms with Gasteiger partial charge in [0.2, 0.25) is 11.8 Å². The molecule has 3 rings (SSSR count). The van der Waals surface area contributed by atoms with Crippen LogP contribution in [0, 0.1) is 0 Å². The minimum absolute atomic E-state index is 0.227. The normalized spacial score (nSPS) is 19.3. The summed E-state index contributed by atoms with van der Waals surface area (Å²) in [7, 11) is -1.60. The Morgan fingerprint density at radius 3 is 2.75 bits per heavy atom. The summed E-state index contributed by atoms with van der Waals surface area (Å²) < 4.78 is 12.6. The highest BCUT2D eigenvalue weighted by Crippen LogP contribution is 2.29. The summed E-state index contributed by atoms with van der Waals surface area (Å²) in [6, 6.07) is 11.5. The highest BCUT2D eigenvalue weighted by atomic mass is 35.5. The van der Waals surface area contributed by atoms with Gasteiger partial charge >= 0.3 is 0 Å². The molecule has 2 aromatic rings. The summed E-state index contributed by atoms with van der Waals surface area (Å²) in [5, 5.41) is 5.05. The number of carbonyl (C=O) groups is 2. The van der Waals surface area contributed by atoms with Crippen LogP contribution in [0.15, 0.2) is 47.4 Å². The van der Waals surface area contributed by atoms with Crippen LogP contribution in [0.5, 0.6) is 0 Å². The SMILES string of the molecule is O=C(C[C@@H]1C(=O)Nc2ccccc2[S@@]1=O)Nc1cc(Cl)ccc1Cl. The molecule has 1 aliphatic rings. The van der Waals surface area contributed by atoms with E-state index in [1.807, 2.05) is 0 Å². The number of amides is 2. The van der Waals surface area contributed by atoms with Gasteiger partial charge in [-0.15, -0.1) is 0 Å². The summed E-state index contributed by atoms with van der Waals surface area (Å²) in [6.07, 6.45) is -0.227. The van der Waals surface area contributed by atoms with Gasteiger partial charge in [0.1, 0.15) is 5.25 Å². The molecule has 2 N–H and O–H groups in total. The van der Waals surface area contributed by atoms with Crippen LogP contribution < -0.4 is 10.6 Å². The maximum absolute atomic E-state index is 12.6. The lowest BCUT2D eigenvalue weighted by Gasteiger charge is -2.23. The topological polar surface area (TPSA) is 75.3 Å². The predicted molar refractivity (Wildman–Crippen MR) is 95.0 cm³/mol. The molecular formula is C16H12Cl2N2O3S. The van der Waals surface area contributed by atoms with Crippen LogP contribution in [0.1, 0.15) is 6.42 Å². The Hall–Kier alpha value is -1.89. The lowest BCUT2D eigenvalue weighted by molar-refractivity contribution is -0.120. The summed E-state index contributed by atoms with van der Waals surface area (Å²) in [4.78, 5) is 24.9. The van der Waals surface area contributed by atoms with Gasteiger partial charge < -0.3 is 10.6 Å². The van der Waals surface area contributed by atoms with Crippen molar-refractivity contribution in [1.82, 2.24) is 0 Å². The van der Waals surface area contributed by atoms with Gasteiger partial charge in [0.25, 0.3) is 0 Å². The van der Waals surface area contributed by atoms with Crippen molar-refractivity contribution >= 4 is 57.2 Å². The third-order valence-corrected chi connectivity index (χ3v) is 5.74. The van der Waals surface area contributed by atoms with Gasteiger partial charge in [-0.1, -0.05) is 35.3 Å². The molecule has 2 atom stereocenters. The molecule has 0 aromatic heterocycles. The van der Waals surface area contributed by atoms with Crippen LogP contribution >= 0.6 is 23.2 Å². The second kappa shape index (κ2) is 6.93. The minimum Gasteiger partial charge on any atom is -0.325 e. The Morgan fingerprint density at radius 2 is 1.96 bits per heavy atom. The standard InChI is InChI=1S/C16H12Cl2N2O3S/c17-9-5-6-10(18)12(7-9)19-15(21)8-14-16(22)20-11-3-1-2-4-13(11)24(14)23/h1-7,14H,8H2,(H,19,21)(H,20,22)/t14-,24+/m1/s1. The van der Waals surface area contributed by atoms with E-state index in [1.54, 1.807) is 36.4 Å². The smallest absolute Gasteiger partial charge is 0.241 e. The van der Waals surface area contributed by atoms with Crippen molar-refractivity contribution in [3.8, 4) is 0 Å². The molecule has 0 fully saturated rings. The second-order valence-corrected chi connectivity index (χ2v) is 7.60. The largest absolute Gasteiger partial charge is 0.325 e. The van der Waals surface area contributed by atoms with E-state index in [1.165, 1.54) is 6.07 Å². The quantitative estimate of drug-likeness (QED) is 0.853. The van der Waals surface area contributed by atoms with E-state index in [-0.39, 0.29) is 6.42 Å². The number of hydrogen-bond acceptors (Lipinski definition) is 3. The van der Waals surface area contributed by atoms with Gasteiger partial charge in [0, 0.05) is 5.02 Å². The van der Waals surface area contributed by atoms with Crippen molar-refractivity contribution in [3.63, 3.8) is 0 Å². The Labute approximate surface area is 150 Å². The zero-order chi connectivity index (χ0) is 17.3. The Kier molecular flexibility index (Phi) is 4.89. The van der Waals surface area contributed by atoms with E-state index < -0.39 is 27.9 Å². The van der Waals surface area contributed by atoms with Crippen molar-refractivity contribution in [1.29, 1.82) is 0 Å². The van der Waals surface area contributed by atoms with Gasteiger partial charge in [-0.05, 0) is 30.3 Å². The molecule has 124 valence electrons. The average molecular weight is 383 g/mol. The Bertz CT molecular complexity index is 857. The molecule has 1 heterocycles. The predicted octanol–water partition coefficient (Wildman–Crippen LogP) is 3.45. The number of nitrogens with one attached hydrogen (secondary N) is 2. The number of carbonyl (C=O) groups excluding carboxylic acids is 2. The van der Waals surface area contributed by atoms with Crippen molar-refractivity contribution in [2.24, 2.45) is 0 Å². The average Bonchev–Trinajstić information content (AvgIpc) is 2.55. The van der Waals surface area contributed by atoms with Crippen LogP contribution in [0.4, 0.5) is 11.4 Å². The number of rotatable bonds is 3. The Morgan fingerprint density at radius 1 is 1.21 bits per heavy atom. The number of fused-ring (bicyclic) bond motifs is 1. The highest BCUT2D eigenvalue weighted by Gasteiger charge is 2.34. The van der Waals surface area contributed by atoms with Crippen molar-refractivity contribution in [2.75, 3.05) is 10.6 Å². The molecule has 0 saturated heterocycles. The van der Waals surface area contributed by atoms with Crippen LogP contribution in [0.2, 0.25) is 10.0 Å². The molecule has 0 bridgehead atoms. The molecule has 1 aliphatic heterocycles. The van der Waals surface area contributed by atoms with Gasteiger partial charge in [-0.3, -0.25) is 13.8 Å². The first-order valence-electron chi connectivity index (χ1n) is 7.01. The molecule has 2 aromatic carbocycles. The highest BCUT2D eigenvalue weighted by molar-refractivity contribution is 7.86. The molecule has 0 spiro atoms. The van der Waals surface area contributed by atoms with Crippen molar-refractivity contribution < 1.29 is 13.8 Å². The fourth-order valence-corrected chi connectivity index (χ4v) is 4.09. The van der Waals surface area contributed by atoms with Gasteiger partial charge in [-0.2, -0.15) is 0 Å². The molecule has 0 aliphatic carbocycles. The van der Waals surface area contributed by atoms with Crippen molar-refractivity contribution in [2.45, 2.75) is 16.6 Å². The fourth-order valence-electron chi connectivity index (χ4n) is 2.34. The molecule has 0 radical (unpaired) electrons. The first-order chi connectivity index (χ1) is 11.5. The van der Waals surface area contributed by atoms with Crippen LogP contribution in [-0.2, 0) is 20.4 Å². The number of para-hydroxylation sites is 1. The Balaban J connectivity index is 1.76. The third-order valence-electron chi connectivity index (χ3n) is 3.49. The molecular weight excluding hydrogens is 371 g/mol. The minimum atomic E-state index is -1.60. The van der Waals surface area contributed by atoms with E-state index >= 15 is 0 Å². The number of halogens is 2. The second-order valence-electron chi connectivity index (χ2n) is 5.15. The van der Waals surface area contributed by atoms with Gasteiger partial charge in [0.15, 0.2) is 0 Å². The van der Waals surface area contributed by atoms with Gasteiger partial charge in [-0.25, -0.2) is 0 Å². The maximum atomic E-state index is 12.6. The summed E-state index contributed by atoms with van der Waals surface area (Å²) >= 11 is 11.9. The molecule has 24 heavy (non-hydrogen) atoms. The fraction of sp³-hybridized carbons (Fsp3) is 0.125. The zero-order valence-corrected chi connectivity index (χ0v) is 14.5. The van der Waals surface area contributed by atoms with Gasteiger partial charge in [0.05, 0.1) is 38.5 Å². The summed E-state index contributed by atoms with van der Waals surface area (Å²) in [5.74, 6) is -0.911. The molecule has 8 heteroatoms. The van der Waals surface area contributed by atoms with E-state index in [2.05, 4.69) is 10.6 Å². The van der Waals surface area contributed by atoms with E-state index in [0.29, 0.717) is 26.3 Å². The molecule has 2 amide bonds. The van der Waals surface area contributed by atoms with E-state index in [4.69, 9.17) is 23.2 Å². The van der Waals surface area contributed by atoms with E-state index in [9.17, 15) is 13.8 Å². The van der Waals surface area contributed by atoms with E-state index in [0.717, 1.165) is 0 Å². The number of benzene rings is 2. The first kappa shape index (κ1) is 17.0. The molecule has 0 saturated carbocycles. The van der Waals surface area contributed by atoms with Crippen LogP contribution in [-0.4, -0.2) is 21.3 Å². The molecule has 5 nitrogen and oxygen atoms in total. The lowest BCUT2D eigenvalue weighted by Crippen LogP contribution is -2.39. The van der Waals surface area contributed by atoms with Crippen molar-refractivity contribution in [3.05, 3.63) is 52.5 Å². The summed E-state index contributed by atoms with van der Waals surface area (Å²) in [6.45, 7) is 0. The van der Waals surface area contributed by atoms with Crippen LogP contribution in [0.25, 0.3) is 0 Å². The zero-order valence-electron chi connectivity index (χ0n) is 12.2.